The Morgan fingerprint density at radius 1 is 1.64 bits per heavy atom. The summed E-state index contributed by atoms with van der Waals surface area (Å²) in [4.78, 5) is 13.2. The van der Waals surface area contributed by atoms with Crippen molar-refractivity contribution in [2.45, 2.75) is 18.9 Å². The van der Waals surface area contributed by atoms with Crippen LogP contribution in [0.3, 0.4) is 0 Å². The maximum atomic E-state index is 11.1. The van der Waals surface area contributed by atoms with Crippen molar-refractivity contribution in [3.05, 3.63) is 0 Å². The van der Waals surface area contributed by atoms with Crippen LogP contribution in [0.25, 0.3) is 0 Å². The lowest BCUT2D eigenvalue weighted by Gasteiger charge is -2.12. The molecule has 11 heavy (non-hydrogen) atoms. The largest absolute Gasteiger partial charge is 0.309 e. The molecule has 3 nitrogen and oxygen atoms in total. The molecular formula is C8H16N2O. The summed E-state index contributed by atoms with van der Waals surface area (Å²) in [7, 11) is 4.05. The normalized spacial score (nSPS) is 25.0. The van der Waals surface area contributed by atoms with Crippen LogP contribution >= 0.6 is 0 Å². The zero-order chi connectivity index (χ0) is 8.27. The fourth-order valence-electron chi connectivity index (χ4n) is 1.31. The maximum absolute atomic E-state index is 11.1. The summed E-state index contributed by atoms with van der Waals surface area (Å²) in [5.74, 6) is 0.381. The van der Waals surface area contributed by atoms with Gasteiger partial charge in [-0.1, -0.05) is 0 Å². The summed E-state index contributed by atoms with van der Waals surface area (Å²) in [6, 6.07) is 0.136. The van der Waals surface area contributed by atoms with Crippen molar-refractivity contribution < 1.29 is 4.79 Å². The zero-order valence-electron chi connectivity index (χ0n) is 7.26. The summed E-state index contributed by atoms with van der Waals surface area (Å²) in [6.07, 6.45) is 1.67. The van der Waals surface area contributed by atoms with Crippen LogP contribution in [0.2, 0.25) is 0 Å². The molecule has 1 unspecified atom stereocenters. The van der Waals surface area contributed by atoms with E-state index in [4.69, 9.17) is 0 Å². The van der Waals surface area contributed by atoms with Gasteiger partial charge in [0.1, 0.15) is 0 Å². The number of nitrogens with zero attached hydrogens (tertiary/aromatic N) is 1. The van der Waals surface area contributed by atoms with Gasteiger partial charge in [-0.3, -0.25) is 4.79 Å². The third kappa shape index (κ3) is 2.60. The molecule has 0 amide bonds. The standard InChI is InChI=1S/C8H16N2O/c1-10(2)6-4-7-8(11)3-5-9-7/h7,9H,3-6H2,1-2H3. The first-order valence-electron chi connectivity index (χ1n) is 4.11. The van der Waals surface area contributed by atoms with E-state index in [9.17, 15) is 4.79 Å². The van der Waals surface area contributed by atoms with Crippen molar-refractivity contribution >= 4 is 5.78 Å². The fraction of sp³-hybridized carbons (Fsp3) is 0.875. The molecule has 0 aliphatic carbocycles. The topological polar surface area (TPSA) is 32.3 Å². The summed E-state index contributed by atoms with van der Waals surface area (Å²) < 4.78 is 0. The van der Waals surface area contributed by atoms with Gasteiger partial charge in [0, 0.05) is 13.0 Å². The van der Waals surface area contributed by atoms with Gasteiger partial charge in [-0.2, -0.15) is 0 Å². The molecule has 0 aromatic carbocycles. The summed E-state index contributed by atoms with van der Waals surface area (Å²) in [5, 5.41) is 3.19. The Labute approximate surface area is 67.8 Å². The Hall–Kier alpha value is -0.410. The molecule has 1 heterocycles. The summed E-state index contributed by atoms with van der Waals surface area (Å²) in [6.45, 7) is 1.86. The lowest BCUT2D eigenvalue weighted by molar-refractivity contribution is -0.118. The van der Waals surface area contributed by atoms with Gasteiger partial charge in [0.25, 0.3) is 0 Å². The molecule has 1 N–H and O–H groups in total. The van der Waals surface area contributed by atoms with E-state index >= 15 is 0 Å². The first-order chi connectivity index (χ1) is 5.20. The second-order valence-electron chi connectivity index (χ2n) is 3.31. The van der Waals surface area contributed by atoms with Crippen LogP contribution in [0.15, 0.2) is 0 Å². The quantitative estimate of drug-likeness (QED) is 0.617. The SMILES string of the molecule is CN(C)CCC1NCCC1=O. The highest BCUT2D eigenvalue weighted by Crippen LogP contribution is 2.04. The highest BCUT2D eigenvalue weighted by Gasteiger charge is 2.22. The van der Waals surface area contributed by atoms with Gasteiger partial charge in [0.2, 0.25) is 0 Å². The monoisotopic (exact) mass is 156 g/mol. The van der Waals surface area contributed by atoms with Crippen LogP contribution in [0, 0.1) is 0 Å². The number of hydrogen-bond donors (Lipinski definition) is 1. The number of hydrogen-bond acceptors (Lipinski definition) is 3. The molecule has 1 saturated heterocycles. The first kappa shape index (κ1) is 8.68. The van der Waals surface area contributed by atoms with Gasteiger partial charge < -0.3 is 10.2 Å². The summed E-state index contributed by atoms with van der Waals surface area (Å²) >= 11 is 0. The number of ketones is 1. The summed E-state index contributed by atoms with van der Waals surface area (Å²) in [5.41, 5.74) is 0. The molecule has 1 rings (SSSR count). The Bertz CT molecular complexity index is 145. The molecule has 0 spiro atoms. The minimum Gasteiger partial charge on any atom is -0.309 e. The molecule has 1 aliphatic heterocycles. The van der Waals surface area contributed by atoms with Crippen molar-refractivity contribution in [1.82, 2.24) is 10.2 Å². The highest BCUT2D eigenvalue weighted by molar-refractivity contribution is 5.86. The Morgan fingerprint density at radius 3 is 2.82 bits per heavy atom. The van der Waals surface area contributed by atoms with Crippen LogP contribution in [0.5, 0.6) is 0 Å². The van der Waals surface area contributed by atoms with Crippen LogP contribution in [-0.2, 0) is 4.79 Å². The molecule has 0 aromatic heterocycles. The second kappa shape index (κ2) is 3.83. The predicted molar refractivity (Wildman–Crippen MR) is 44.6 cm³/mol. The Balaban J connectivity index is 2.20. The van der Waals surface area contributed by atoms with E-state index in [2.05, 4.69) is 10.2 Å². The first-order valence-corrected chi connectivity index (χ1v) is 4.11. The van der Waals surface area contributed by atoms with E-state index in [1.165, 1.54) is 0 Å². The van der Waals surface area contributed by atoms with Crippen LogP contribution in [0.4, 0.5) is 0 Å². The Kier molecular flexibility index (Phi) is 3.02. The lowest BCUT2D eigenvalue weighted by Crippen LogP contribution is -2.30. The van der Waals surface area contributed by atoms with E-state index in [0.717, 1.165) is 25.9 Å². The van der Waals surface area contributed by atoms with E-state index in [0.29, 0.717) is 5.78 Å². The number of Topliss-reactive ketones (excluding diaryl/α,β-unsaturated/α-hetero) is 1. The fourth-order valence-corrected chi connectivity index (χ4v) is 1.31. The van der Waals surface area contributed by atoms with E-state index < -0.39 is 0 Å². The third-order valence-electron chi connectivity index (χ3n) is 2.02. The van der Waals surface area contributed by atoms with Crippen molar-refractivity contribution in [3.8, 4) is 0 Å². The average Bonchev–Trinajstić information content (AvgIpc) is 2.31. The Morgan fingerprint density at radius 2 is 2.36 bits per heavy atom. The molecular weight excluding hydrogens is 140 g/mol. The van der Waals surface area contributed by atoms with Crippen molar-refractivity contribution in [1.29, 1.82) is 0 Å². The maximum Gasteiger partial charge on any atom is 0.151 e. The van der Waals surface area contributed by atoms with Gasteiger partial charge in [-0.15, -0.1) is 0 Å². The van der Waals surface area contributed by atoms with E-state index in [1.807, 2.05) is 14.1 Å². The molecule has 64 valence electrons. The molecule has 0 radical (unpaired) electrons. The molecule has 1 aliphatic rings. The van der Waals surface area contributed by atoms with E-state index in [1.54, 1.807) is 0 Å². The van der Waals surface area contributed by atoms with E-state index in [-0.39, 0.29) is 6.04 Å². The average molecular weight is 156 g/mol. The predicted octanol–water partition coefficient (Wildman–Crippen LogP) is -0.131. The number of carbonyl (C=O) groups excluding carboxylic acids is 1. The lowest BCUT2D eigenvalue weighted by atomic mass is 10.1. The van der Waals surface area contributed by atoms with Crippen molar-refractivity contribution in [3.63, 3.8) is 0 Å². The number of carbonyl (C=O) groups is 1. The molecule has 0 aromatic rings. The van der Waals surface area contributed by atoms with Crippen LogP contribution in [0.1, 0.15) is 12.8 Å². The zero-order valence-corrected chi connectivity index (χ0v) is 7.26. The van der Waals surface area contributed by atoms with Crippen molar-refractivity contribution in [2.24, 2.45) is 0 Å². The minimum absolute atomic E-state index is 0.136. The van der Waals surface area contributed by atoms with Crippen molar-refractivity contribution in [2.75, 3.05) is 27.2 Å². The molecule has 1 atom stereocenters. The minimum atomic E-state index is 0.136. The third-order valence-corrected chi connectivity index (χ3v) is 2.02. The smallest absolute Gasteiger partial charge is 0.151 e. The number of rotatable bonds is 3. The van der Waals surface area contributed by atoms with Gasteiger partial charge in [-0.25, -0.2) is 0 Å². The van der Waals surface area contributed by atoms with Crippen LogP contribution in [-0.4, -0.2) is 43.9 Å². The number of nitrogens with one attached hydrogen (secondary N) is 1. The second-order valence-corrected chi connectivity index (χ2v) is 3.31. The molecule has 0 saturated carbocycles. The molecule has 0 bridgehead atoms. The van der Waals surface area contributed by atoms with Gasteiger partial charge in [-0.05, 0) is 27.1 Å². The van der Waals surface area contributed by atoms with Gasteiger partial charge >= 0.3 is 0 Å². The molecule has 1 fully saturated rings. The van der Waals surface area contributed by atoms with Gasteiger partial charge in [0.05, 0.1) is 6.04 Å². The molecule has 3 heteroatoms. The van der Waals surface area contributed by atoms with Crippen LogP contribution < -0.4 is 5.32 Å². The highest BCUT2D eigenvalue weighted by atomic mass is 16.1. The van der Waals surface area contributed by atoms with Gasteiger partial charge in [0.15, 0.2) is 5.78 Å².